The lowest BCUT2D eigenvalue weighted by molar-refractivity contribution is -0.138. The lowest BCUT2D eigenvalue weighted by atomic mass is 10.0. The van der Waals surface area contributed by atoms with Crippen LogP contribution < -0.4 is 4.74 Å². The van der Waals surface area contributed by atoms with Crippen LogP contribution in [0.15, 0.2) is 51.2 Å². The summed E-state index contributed by atoms with van der Waals surface area (Å²) in [4.78, 5) is 7.67. The predicted molar refractivity (Wildman–Crippen MR) is 113 cm³/mol. The Morgan fingerprint density at radius 1 is 1.18 bits per heavy atom. The number of aliphatic imine (C=N–C) groups is 2. The molecule has 1 aromatic rings. The number of allylic oxidation sites excluding steroid dienone is 3. The minimum Gasteiger partial charge on any atom is -0.498 e. The molecule has 2 heterocycles. The highest BCUT2D eigenvalue weighted by Crippen LogP contribution is 2.40. The van der Waals surface area contributed by atoms with Gasteiger partial charge in [0.25, 0.3) is 0 Å². The summed E-state index contributed by atoms with van der Waals surface area (Å²) in [6.07, 6.45) is -6.48. The smallest absolute Gasteiger partial charge is 0.416 e. The van der Waals surface area contributed by atoms with E-state index >= 15 is 0 Å². The van der Waals surface area contributed by atoms with Crippen molar-refractivity contribution in [1.82, 2.24) is 0 Å². The Hall–Kier alpha value is -2.78. The summed E-state index contributed by atoms with van der Waals surface area (Å²) in [5.74, 6) is -0.161. The summed E-state index contributed by atoms with van der Waals surface area (Å²) in [5, 5.41) is 0. The van der Waals surface area contributed by atoms with E-state index in [1.54, 1.807) is 13.8 Å². The van der Waals surface area contributed by atoms with Crippen LogP contribution in [-0.2, 0) is 10.9 Å². The lowest BCUT2D eigenvalue weighted by Crippen LogP contribution is -2.17. The normalized spacial score (nSPS) is 19.6. The first-order chi connectivity index (χ1) is 15.4. The fourth-order valence-corrected chi connectivity index (χ4v) is 3.26. The first-order valence-corrected chi connectivity index (χ1v) is 10.4. The van der Waals surface area contributed by atoms with Gasteiger partial charge in [0.05, 0.1) is 42.4 Å². The third-order valence-corrected chi connectivity index (χ3v) is 5.07. The highest BCUT2D eigenvalue weighted by atomic mass is 19.4. The van der Waals surface area contributed by atoms with Gasteiger partial charge in [-0.2, -0.15) is 26.3 Å². The Kier molecular flexibility index (Phi) is 7.23. The van der Waals surface area contributed by atoms with Crippen LogP contribution in [0.5, 0.6) is 5.75 Å². The zero-order chi connectivity index (χ0) is 24.4. The highest BCUT2D eigenvalue weighted by molar-refractivity contribution is 6.10. The molecule has 0 saturated carbocycles. The number of hydrogen-bond acceptors (Lipinski definition) is 4. The van der Waals surface area contributed by atoms with E-state index in [1.165, 1.54) is 25.3 Å². The number of hydrogen-bond donors (Lipinski definition) is 0. The topological polar surface area (TPSA) is 43.2 Å². The van der Waals surface area contributed by atoms with E-state index in [1.807, 2.05) is 0 Å². The summed E-state index contributed by atoms with van der Waals surface area (Å²) in [6.45, 7) is 5.17. The van der Waals surface area contributed by atoms with Gasteiger partial charge in [0.15, 0.2) is 0 Å². The third-order valence-electron chi connectivity index (χ3n) is 5.07. The molecule has 33 heavy (non-hydrogen) atoms. The Balaban J connectivity index is 1.59. The summed E-state index contributed by atoms with van der Waals surface area (Å²) in [5.41, 5.74) is -0.898. The van der Waals surface area contributed by atoms with Crippen molar-refractivity contribution in [2.45, 2.75) is 45.6 Å². The molecule has 0 fully saturated rings. The van der Waals surface area contributed by atoms with E-state index in [0.717, 1.165) is 12.1 Å². The zero-order valence-electron chi connectivity index (χ0n) is 18.3. The molecule has 2 unspecified atom stereocenters. The standard InChI is InChI=1S/C23H24F6N2O2/c1-4-16(20-9-30-20)18(22(24,25)26)7-14(3)32-11-13(2)12-33-15-5-6-17(21-10-31-21)19(8-15)23(27,28)29/h5-8,10,13,21H,4,9,11-12H2,1-3H3/b14-7+,18-16-. The van der Waals surface area contributed by atoms with Gasteiger partial charge in [0.2, 0.25) is 0 Å². The highest BCUT2D eigenvalue weighted by Gasteiger charge is 2.38. The lowest BCUT2D eigenvalue weighted by Gasteiger charge is -2.18. The molecule has 0 bridgehead atoms. The van der Waals surface area contributed by atoms with E-state index in [-0.39, 0.29) is 48.2 Å². The Morgan fingerprint density at radius 2 is 1.85 bits per heavy atom. The van der Waals surface area contributed by atoms with Crippen molar-refractivity contribution in [3.63, 3.8) is 0 Å². The molecule has 2 atom stereocenters. The van der Waals surface area contributed by atoms with Crippen molar-refractivity contribution in [3.8, 4) is 5.75 Å². The van der Waals surface area contributed by atoms with E-state index in [2.05, 4.69) is 9.98 Å². The molecule has 0 spiro atoms. The Morgan fingerprint density at radius 3 is 2.36 bits per heavy atom. The monoisotopic (exact) mass is 474 g/mol. The van der Waals surface area contributed by atoms with E-state index < -0.39 is 29.5 Å². The second kappa shape index (κ2) is 9.61. The molecular weight excluding hydrogens is 450 g/mol. The maximum absolute atomic E-state index is 13.5. The number of halogens is 6. The van der Waals surface area contributed by atoms with Crippen LogP contribution in [-0.4, -0.2) is 37.9 Å². The van der Waals surface area contributed by atoms with Crippen molar-refractivity contribution in [2.75, 3.05) is 19.8 Å². The molecule has 0 N–H and O–H groups in total. The van der Waals surface area contributed by atoms with E-state index in [9.17, 15) is 26.3 Å². The van der Waals surface area contributed by atoms with Crippen LogP contribution in [0.25, 0.3) is 0 Å². The minimum atomic E-state index is -4.54. The molecule has 4 nitrogen and oxygen atoms in total. The quantitative estimate of drug-likeness (QED) is 0.221. The van der Waals surface area contributed by atoms with Crippen molar-refractivity contribution in [3.05, 3.63) is 52.3 Å². The van der Waals surface area contributed by atoms with Crippen LogP contribution in [0.4, 0.5) is 26.3 Å². The van der Waals surface area contributed by atoms with Crippen LogP contribution >= 0.6 is 0 Å². The molecule has 0 aliphatic carbocycles. The van der Waals surface area contributed by atoms with Crippen molar-refractivity contribution < 1.29 is 35.8 Å². The molecule has 0 radical (unpaired) electrons. The Bertz CT molecular complexity index is 999. The Labute approximate surface area is 187 Å². The summed E-state index contributed by atoms with van der Waals surface area (Å²) >= 11 is 0. The van der Waals surface area contributed by atoms with Gasteiger partial charge < -0.3 is 9.47 Å². The van der Waals surface area contributed by atoms with Crippen LogP contribution in [0, 0.1) is 5.92 Å². The fraction of sp³-hybridized carbons (Fsp3) is 0.478. The summed E-state index contributed by atoms with van der Waals surface area (Å²) < 4.78 is 91.4. The average molecular weight is 474 g/mol. The molecule has 10 heteroatoms. The molecule has 1 aromatic carbocycles. The van der Waals surface area contributed by atoms with Crippen LogP contribution in [0.2, 0.25) is 0 Å². The number of nitrogens with zero attached hydrogens (tertiary/aromatic N) is 2. The molecule has 0 saturated heterocycles. The molecule has 0 aromatic heterocycles. The maximum atomic E-state index is 13.5. The van der Waals surface area contributed by atoms with Crippen molar-refractivity contribution >= 4 is 11.9 Å². The number of ether oxygens (including phenoxy) is 2. The van der Waals surface area contributed by atoms with Crippen molar-refractivity contribution in [2.24, 2.45) is 15.9 Å². The first-order valence-electron chi connectivity index (χ1n) is 10.4. The number of benzene rings is 1. The molecular formula is C23H24F6N2O2. The second-order valence-corrected chi connectivity index (χ2v) is 7.98. The van der Waals surface area contributed by atoms with Gasteiger partial charge in [-0.3, -0.25) is 9.98 Å². The van der Waals surface area contributed by atoms with Gasteiger partial charge in [0, 0.05) is 12.1 Å². The second-order valence-electron chi connectivity index (χ2n) is 7.98. The molecule has 180 valence electrons. The number of rotatable bonds is 10. The maximum Gasteiger partial charge on any atom is 0.416 e. The predicted octanol–water partition coefficient (Wildman–Crippen LogP) is 6.49. The minimum absolute atomic E-state index is 0.0306. The number of alkyl halides is 6. The molecule has 0 amide bonds. The first kappa shape index (κ1) is 24.9. The fourth-order valence-electron chi connectivity index (χ4n) is 3.26. The van der Waals surface area contributed by atoms with Gasteiger partial charge in [-0.05, 0) is 42.7 Å². The zero-order valence-corrected chi connectivity index (χ0v) is 18.3. The van der Waals surface area contributed by atoms with Crippen LogP contribution in [0.3, 0.4) is 0 Å². The van der Waals surface area contributed by atoms with Crippen LogP contribution in [0.1, 0.15) is 44.4 Å². The average Bonchev–Trinajstić information content (AvgIpc) is 3.62. The molecule has 2 aliphatic heterocycles. The van der Waals surface area contributed by atoms with Gasteiger partial charge >= 0.3 is 12.4 Å². The van der Waals surface area contributed by atoms with E-state index in [0.29, 0.717) is 12.3 Å². The molecule has 2 aliphatic rings. The van der Waals surface area contributed by atoms with E-state index in [4.69, 9.17) is 9.47 Å². The van der Waals surface area contributed by atoms with Gasteiger partial charge in [0.1, 0.15) is 11.8 Å². The summed E-state index contributed by atoms with van der Waals surface area (Å²) in [6, 6.07) is 3.17. The summed E-state index contributed by atoms with van der Waals surface area (Å²) in [7, 11) is 0. The molecule has 3 rings (SSSR count). The van der Waals surface area contributed by atoms with Crippen molar-refractivity contribution in [1.29, 1.82) is 0 Å². The van der Waals surface area contributed by atoms with Gasteiger partial charge in [-0.15, -0.1) is 0 Å². The van der Waals surface area contributed by atoms with Gasteiger partial charge in [-0.25, -0.2) is 0 Å². The van der Waals surface area contributed by atoms with Gasteiger partial charge in [-0.1, -0.05) is 19.9 Å². The largest absolute Gasteiger partial charge is 0.498 e. The SMILES string of the molecule is CC/C(C1=NC1)=C(\C=C(/C)OCC(C)COc1ccc(C2C=N2)c(C(F)(F)F)c1)C(F)(F)F. The third kappa shape index (κ3) is 6.85.